The molecule has 2 aromatic carbocycles. The van der Waals surface area contributed by atoms with Gasteiger partial charge in [0.1, 0.15) is 6.04 Å². The second-order valence-electron chi connectivity index (χ2n) is 6.65. The topological polar surface area (TPSA) is 75.4 Å². The van der Waals surface area contributed by atoms with Crippen molar-refractivity contribution in [3.63, 3.8) is 0 Å². The Labute approximate surface area is 154 Å². The van der Waals surface area contributed by atoms with Gasteiger partial charge in [0.15, 0.2) is 0 Å². The van der Waals surface area contributed by atoms with Gasteiger partial charge in [-0.1, -0.05) is 42.5 Å². The van der Waals surface area contributed by atoms with Gasteiger partial charge in [-0.25, -0.2) is 0 Å². The van der Waals surface area contributed by atoms with Gasteiger partial charge in [-0.2, -0.15) is 0 Å². The van der Waals surface area contributed by atoms with E-state index < -0.39 is 6.04 Å². The van der Waals surface area contributed by atoms with Gasteiger partial charge in [-0.3, -0.25) is 9.59 Å². The summed E-state index contributed by atoms with van der Waals surface area (Å²) in [5.41, 5.74) is 8.14. The lowest BCUT2D eigenvalue weighted by molar-refractivity contribution is -0.132. The standard InChI is InChI=1S/C21H25N3O2/c22-15-17-8-10-18(11-9-17)20(25)23-19(14-16-6-2-1-3-7-16)21(26)24-12-4-5-13-24/h1-3,6-11,19H,4-5,12-15,22H2,(H,23,25). The van der Waals surface area contributed by atoms with Gasteiger partial charge in [0.05, 0.1) is 0 Å². The van der Waals surface area contributed by atoms with Crippen molar-refractivity contribution < 1.29 is 9.59 Å². The van der Waals surface area contributed by atoms with Crippen molar-refractivity contribution >= 4 is 11.8 Å². The Morgan fingerprint density at radius 2 is 1.62 bits per heavy atom. The Morgan fingerprint density at radius 1 is 0.962 bits per heavy atom. The van der Waals surface area contributed by atoms with Crippen LogP contribution in [0.1, 0.15) is 34.3 Å². The smallest absolute Gasteiger partial charge is 0.251 e. The van der Waals surface area contributed by atoms with Crippen LogP contribution in [0.2, 0.25) is 0 Å². The zero-order valence-electron chi connectivity index (χ0n) is 14.9. The van der Waals surface area contributed by atoms with Crippen LogP contribution >= 0.6 is 0 Å². The maximum absolute atomic E-state index is 12.9. The molecule has 1 atom stereocenters. The minimum atomic E-state index is -0.558. The Bertz CT molecular complexity index is 738. The van der Waals surface area contributed by atoms with E-state index in [1.165, 1.54) is 0 Å². The lowest BCUT2D eigenvalue weighted by Gasteiger charge is -2.24. The Hall–Kier alpha value is -2.66. The van der Waals surface area contributed by atoms with Crippen molar-refractivity contribution in [3.05, 3.63) is 71.3 Å². The highest BCUT2D eigenvalue weighted by molar-refractivity contribution is 5.97. The summed E-state index contributed by atoms with van der Waals surface area (Å²) in [6.07, 6.45) is 2.54. The number of hydrogen-bond donors (Lipinski definition) is 2. The summed E-state index contributed by atoms with van der Waals surface area (Å²) in [7, 11) is 0. The van der Waals surface area contributed by atoms with Crippen molar-refractivity contribution in [2.45, 2.75) is 31.8 Å². The predicted octanol–water partition coefficient (Wildman–Crippen LogP) is 2.11. The van der Waals surface area contributed by atoms with E-state index in [2.05, 4.69) is 5.32 Å². The van der Waals surface area contributed by atoms with Gasteiger partial charge >= 0.3 is 0 Å². The van der Waals surface area contributed by atoms with Crippen LogP contribution in [0.3, 0.4) is 0 Å². The number of nitrogens with two attached hydrogens (primary N) is 1. The number of hydrogen-bond acceptors (Lipinski definition) is 3. The molecule has 1 unspecified atom stereocenters. The summed E-state index contributed by atoms with van der Waals surface area (Å²) >= 11 is 0. The largest absolute Gasteiger partial charge is 0.341 e. The summed E-state index contributed by atoms with van der Waals surface area (Å²) < 4.78 is 0. The summed E-state index contributed by atoms with van der Waals surface area (Å²) in [5, 5.41) is 2.93. The number of nitrogens with zero attached hydrogens (tertiary/aromatic N) is 1. The van der Waals surface area contributed by atoms with Crippen LogP contribution in [0.5, 0.6) is 0 Å². The molecule has 2 amide bonds. The second kappa shape index (κ2) is 8.63. The van der Waals surface area contributed by atoms with E-state index in [4.69, 9.17) is 5.73 Å². The van der Waals surface area contributed by atoms with E-state index in [-0.39, 0.29) is 11.8 Å². The van der Waals surface area contributed by atoms with Crippen LogP contribution in [-0.4, -0.2) is 35.8 Å². The number of carbonyl (C=O) groups excluding carboxylic acids is 2. The number of nitrogens with one attached hydrogen (secondary N) is 1. The molecule has 26 heavy (non-hydrogen) atoms. The molecule has 136 valence electrons. The second-order valence-corrected chi connectivity index (χ2v) is 6.65. The zero-order valence-corrected chi connectivity index (χ0v) is 14.9. The molecule has 5 nitrogen and oxygen atoms in total. The highest BCUT2D eigenvalue weighted by Crippen LogP contribution is 2.13. The number of amides is 2. The van der Waals surface area contributed by atoms with E-state index in [0.717, 1.165) is 37.1 Å². The van der Waals surface area contributed by atoms with Gasteiger partial charge < -0.3 is 16.0 Å². The third-order valence-electron chi connectivity index (χ3n) is 4.76. The molecule has 0 aromatic heterocycles. The normalized spacial score (nSPS) is 14.9. The molecular formula is C21H25N3O2. The molecule has 1 saturated heterocycles. The number of rotatable bonds is 6. The van der Waals surface area contributed by atoms with Crippen LogP contribution in [0.15, 0.2) is 54.6 Å². The van der Waals surface area contributed by atoms with Gasteiger partial charge in [-0.15, -0.1) is 0 Å². The van der Waals surface area contributed by atoms with Crippen molar-refractivity contribution in [1.29, 1.82) is 0 Å². The minimum absolute atomic E-state index is 0.00159. The van der Waals surface area contributed by atoms with Crippen LogP contribution in [-0.2, 0) is 17.8 Å². The molecule has 1 aliphatic rings. The van der Waals surface area contributed by atoms with Crippen LogP contribution in [0.25, 0.3) is 0 Å². The van der Waals surface area contributed by atoms with Crippen LogP contribution in [0, 0.1) is 0 Å². The highest BCUT2D eigenvalue weighted by Gasteiger charge is 2.28. The summed E-state index contributed by atoms with van der Waals surface area (Å²) in [5.74, 6) is -0.236. The average Bonchev–Trinajstić information content (AvgIpc) is 3.22. The van der Waals surface area contributed by atoms with Crippen molar-refractivity contribution in [3.8, 4) is 0 Å². The molecule has 1 aliphatic heterocycles. The third-order valence-corrected chi connectivity index (χ3v) is 4.76. The molecule has 1 heterocycles. The van der Waals surface area contributed by atoms with E-state index in [1.807, 2.05) is 47.4 Å². The van der Waals surface area contributed by atoms with Crippen molar-refractivity contribution in [2.24, 2.45) is 5.73 Å². The first-order valence-electron chi connectivity index (χ1n) is 9.10. The molecule has 1 fully saturated rings. The number of likely N-dealkylation sites (tertiary alicyclic amines) is 1. The average molecular weight is 351 g/mol. The minimum Gasteiger partial charge on any atom is -0.341 e. The number of carbonyl (C=O) groups is 2. The van der Waals surface area contributed by atoms with E-state index in [9.17, 15) is 9.59 Å². The van der Waals surface area contributed by atoms with E-state index in [1.54, 1.807) is 12.1 Å². The fourth-order valence-corrected chi connectivity index (χ4v) is 3.24. The molecule has 3 N–H and O–H groups in total. The van der Waals surface area contributed by atoms with Crippen molar-refractivity contribution in [1.82, 2.24) is 10.2 Å². The van der Waals surface area contributed by atoms with Gasteiger partial charge in [0.25, 0.3) is 5.91 Å². The SMILES string of the molecule is NCc1ccc(C(=O)NC(Cc2ccccc2)C(=O)N2CCCC2)cc1. The predicted molar refractivity (Wildman–Crippen MR) is 102 cm³/mol. The highest BCUT2D eigenvalue weighted by atomic mass is 16.2. The molecule has 0 radical (unpaired) electrons. The third kappa shape index (κ3) is 4.49. The van der Waals surface area contributed by atoms with E-state index in [0.29, 0.717) is 18.5 Å². The first kappa shape index (κ1) is 18.1. The molecular weight excluding hydrogens is 326 g/mol. The maximum atomic E-state index is 12.9. The zero-order chi connectivity index (χ0) is 18.4. The van der Waals surface area contributed by atoms with Gasteiger partial charge in [0.2, 0.25) is 5.91 Å². The molecule has 0 saturated carbocycles. The molecule has 3 rings (SSSR count). The van der Waals surface area contributed by atoms with Gasteiger partial charge in [-0.05, 0) is 36.1 Å². The number of benzene rings is 2. The Balaban J connectivity index is 1.75. The Kier molecular flexibility index (Phi) is 6.02. The summed E-state index contributed by atoms with van der Waals surface area (Å²) in [6.45, 7) is 1.97. The quantitative estimate of drug-likeness (QED) is 0.837. The monoisotopic (exact) mass is 351 g/mol. The maximum Gasteiger partial charge on any atom is 0.251 e. The summed E-state index contributed by atoms with van der Waals surface area (Å²) in [4.78, 5) is 27.4. The van der Waals surface area contributed by atoms with Crippen LogP contribution in [0.4, 0.5) is 0 Å². The summed E-state index contributed by atoms with van der Waals surface area (Å²) in [6, 6.07) is 16.4. The van der Waals surface area contributed by atoms with Crippen molar-refractivity contribution in [2.75, 3.05) is 13.1 Å². The Morgan fingerprint density at radius 3 is 2.23 bits per heavy atom. The lowest BCUT2D eigenvalue weighted by atomic mass is 10.0. The van der Waals surface area contributed by atoms with Gasteiger partial charge in [0, 0.05) is 31.6 Å². The molecule has 5 heteroatoms. The molecule has 0 aliphatic carbocycles. The first-order valence-corrected chi connectivity index (χ1v) is 9.10. The first-order chi connectivity index (χ1) is 12.7. The molecule has 2 aromatic rings. The van der Waals surface area contributed by atoms with E-state index >= 15 is 0 Å². The molecule has 0 bridgehead atoms. The lowest BCUT2D eigenvalue weighted by Crippen LogP contribution is -2.49. The van der Waals surface area contributed by atoms with Crippen LogP contribution < -0.4 is 11.1 Å². The fourth-order valence-electron chi connectivity index (χ4n) is 3.24. The fraction of sp³-hybridized carbons (Fsp3) is 0.333. The molecule has 0 spiro atoms.